The largest absolute Gasteiger partial charge is 0.490 e. The second-order valence-electron chi connectivity index (χ2n) is 4.24. The van der Waals surface area contributed by atoms with Gasteiger partial charge in [0.25, 0.3) is 0 Å². The van der Waals surface area contributed by atoms with Crippen LogP contribution in [0.1, 0.15) is 20.8 Å². The van der Waals surface area contributed by atoms with Crippen molar-refractivity contribution < 1.29 is 14.3 Å². The molecule has 1 aromatic heterocycles. The first-order valence-corrected chi connectivity index (χ1v) is 6.14. The van der Waals surface area contributed by atoms with Gasteiger partial charge in [-0.05, 0) is 13.8 Å². The van der Waals surface area contributed by atoms with Crippen LogP contribution in [-0.4, -0.2) is 22.0 Å². The van der Waals surface area contributed by atoms with E-state index in [0.29, 0.717) is 27.6 Å². The monoisotopic (exact) mass is 280 g/mol. The van der Waals surface area contributed by atoms with Crippen LogP contribution in [0.2, 0.25) is 5.15 Å². The number of hydrogen-bond donors (Lipinski definition) is 0. The van der Waals surface area contributed by atoms with Gasteiger partial charge in [0.1, 0.15) is 23.0 Å². The van der Waals surface area contributed by atoms with E-state index in [1.54, 1.807) is 12.1 Å². The maximum Gasteiger partial charge on any atom is 0.308 e. The number of rotatable bonds is 3. The van der Waals surface area contributed by atoms with Crippen LogP contribution in [0.25, 0.3) is 10.9 Å². The molecular weight excluding hydrogens is 268 g/mol. The molecule has 0 bridgehead atoms. The molecule has 0 aliphatic carbocycles. The molecule has 100 valence electrons. The summed E-state index contributed by atoms with van der Waals surface area (Å²) >= 11 is 6.06. The molecule has 0 saturated heterocycles. The van der Waals surface area contributed by atoms with Gasteiger partial charge in [-0.1, -0.05) is 11.6 Å². The Morgan fingerprint density at radius 1 is 1.32 bits per heavy atom. The zero-order chi connectivity index (χ0) is 14.0. The van der Waals surface area contributed by atoms with Crippen molar-refractivity contribution in [1.29, 1.82) is 0 Å². The molecule has 19 heavy (non-hydrogen) atoms. The molecule has 0 radical (unpaired) electrons. The molecule has 1 heterocycles. The number of hydrogen-bond acceptors (Lipinski definition) is 5. The number of fused-ring (bicyclic) bond motifs is 1. The topological polar surface area (TPSA) is 61.3 Å². The van der Waals surface area contributed by atoms with Crippen LogP contribution < -0.4 is 9.47 Å². The minimum absolute atomic E-state index is 0.0490. The summed E-state index contributed by atoms with van der Waals surface area (Å²) in [6, 6.07) is 3.23. The fraction of sp³-hybridized carbons (Fsp3) is 0.308. The van der Waals surface area contributed by atoms with Crippen molar-refractivity contribution in [2.45, 2.75) is 26.9 Å². The van der Waals surface area contributed by atoms with Crippen LogP contribution in [0.4, 0.5) is 0 Å². The summed E-state index contributed by atoms with van der Waals surface area (Å²) in [4.78, 5) is 19.1. The number of esters is 1. The van der Waals surface area contributed by atoms with Gasteiger partial charge in [0, 0.05) is 19.1 Å². The number of ether oxygens (including phenoxy) is 2. The Kier molecular flexibility index (Phi) is 3.85. The van der Waals surface area contributed by atoms with E-state index in [-0.39, 0.29) is 6.10 Å². The third-order valence-corrected chi connectivity index (χ3v) is 2.54. The summed E-state index contributed by atoms with van der Waals surface area (Å²) in [6.07, 6.45) is 1.30. The number of halogens is 1. The lowest BCUT2D eigenvalue weighted by atomic mass is 10.2. The van der Waals surface area contributed by atoms with Crippen LogP contribution in [0.3, 0.4) is 0 Å². The predicted octanol–water partition coefficient (Wildman–Crippen LogP) is 3.00. The number of benzene rings is 1. The Bertz CT molecular complexity index is 629. The zero-order valence-corrected chi connectivity index (χ0v) is 11.6. The van der Waals surface area contributed by atoms with E-state index < -0.39 is 5.97 Å². The smallest absolute Gasteiger partial charge is 0.308 e. The van der Waals surface area contributed by atoms with Crippen LogP contribution in [0.5, 0.6) is 11.5 Å². The lowest BCUT2D eigenvalue weighted by Crippen LogP contribution is -2.07. The van der Waals surface area contributed by atoms with E-state index in [4.69, 9.17) is 21.1 Å². The summed E-state index contributed by atoms with van der Waals surface area (Å²) in [5, 5.41) is 0.906. The van der Waals surface area contributed by atoms with Gasteiger partial charge in [0.05, 0.1) is 17.0 Å². The second kappa shape index (κ2) is 5.40. The summed E-state index contributed by atoms with van der Waals surface area (Å²) in [6.45, 7) is 5.12. The fourth-order valence-corrected chi connectivity index (χ4v) is 1.90. The highest BCUT2D eigenvalue weighted by atomic mass is 35.5. The SMILES string of the molecule is CC(=O)Oc1cc(OC(C)C)c2c(Cl)ncnc2c1. The van der Waals surface area contributed by atoms with Crippen LogP contribution in [-0.2, 0) is 4.79 Å². The average molecular weight is 281 g/mol. The van der Waals surface area contributed by atoms with Gasteiger partial charge < -0.3 is 9.47 Å². The lowest BCUT2D eigenvalue weighted by molar-refractivity contribution is -0.131. The lowest BCUT2D eigenvalue weighted by Gasteiger charge is -2.14. The molecular formula is C13H13ClN2O3. The molecule has 0 amide bonds. The van der Waals surface area contributed by atoms with Crippen LogP contribution >= 0.6 is 11.6 Å². The fourth-order valence-electron chi connectivity index (χ4n) is 1.66. The predicted molar refractivity (Wildman–Crippen MR) is 71.6 cm³/mol. The van der Waals surface area contributed by atoms with E-state index in [0.717, 1.165) is 0 Å². The first-order valence-electron chi connectivity index (χ1n) is 5.76. The molecule has 0 N–H and O–H groups in total. The average Bonchev–Trinajstić information content (AvgIpc) is 2.26. The maximum absolute atomic E-state index is 11.0. The van der Waals surface area contributed by atoms with E-state index >= 15 is 0 Å². The Hall–Kier alpha value is -1.88. The number of carbonyl (C=O) groups is 1. The van der Waals surface area contributed by atoms with Crippen LogP contribution in [0, 0.1) is 0 Å². The Morgan fingerprint density at radius 2 is 2.05 bits per heavy atom. The zero-order valence-electron chi connectivity index (χ0n) is 10.8. The van der Waals surface area contributed by atoms with Crippen molar-refractivity contribution >= 4 is 28.5 Å². The van der Waals surface area contributed by atoms with Gasteiger partial charge >= 0.3 is 5.97 Å². The first kappa shape index (κ1) is 13.5. The molecule has 6 heteroatoms. The van der Waals surface area contributed by atoms with Crippen molar-refractivity contribution in [3.8, 4) is 11.5 Å². The van der Waals surface area contributed by atoms with Crippen LogP contribution in [0.15, 0.2) is 18.5 Å². The Morgan fingerprint density at radius 3 is 2.68 bits per heavy atom. The number of aromatic nitrogens is 2. The first-order chi connectivity index (χ1) is 8.97. The molecule has 0 saturated carbocycles. The molecule has 0 aliphatic rings. The van der Waals surface area contributed by atoms with Crippen molar-refractivity contribution in [3.63, 3.8) is 0 Å². The minimum Gasteiger partial charge on any atom is -0.490 e. The third kappa shape index (κ3) is 3.12. The van der Waals surface area contributed by atoms with Gasteiger partial charge in [-0.15, -0.1) is 0 Å². The molecule has 0 aliphatic heterocycles. The van der Waals surface area contributed by atoms with Gasteiger partial charge in [-0.3, -0.25) is 4.79 Å². The summed E-state index contributed by atoms with van der Waals surface area (Å²) < 4.78 is 10.7. The van der Waals surface area contributed by atoms with E-state index in [2.05, 4.69) is 9.97 Å². The summed E-state index contributed by atoms with van der Waals surface area (Å²) in [5.74, 6) is 0.453. The normalized spacial score (nSPS) is 10.8. The molecule has 0 atom stereocenters. The quantitative estimate of drug-likeness (QED) is 0.491. The van der Waals surface area contributed by atoms with Crippen molar-refractivity contribution in [2.75, 3.05) is 0 Å². The standard InChI is InChI=1S/C13H13ClN2O3/c1-7(2)18-11-5-9(19-8(3)17)4-10-12(11)13(14)16-6-15-10/h4-7H,1-3H3. The maximum atomic E-state index is 11.0. The highest BCUT2D eigenvalue weighted by Crippen LogP contribution is 2.34. The van der Waals surface area contributed by atoms with E-state index in [9.17, 15) is 4.79 Å². The number of carbonyl (C=O) groups excluding carboxylic acids is 1. The second-order valence-corrected chi connectivity index (χ2v) is 4.60. The van der Waals surface area contributed by atoms with Gasteiger partial charge in [-0.25, -0.2) is 9.97 Å². The molecule has 2 aromatic rings. The summed E-state index contributed by atoms with van der Waals surface area (Å²) in [5.41, 5.74) is 0.564. The van der Waals surface area contributed by atoms with Crippen molar-refractivity contribution in [1.82, 2.24) is 9.97 Å². The highest BCUT2D eigenvalue weighted by molar-refractivity contribution is 6.34. The van der Waals surface area contributed by atoms with E-state index in [1.807, 2.05) is 13.8 Å². The molecule has 0 spiro atoms. The molecule has 0 fully saturated rings. The van der Waals surface area contributed by atoms with Gasteiger partial charge in [0.2, 0.25) is 0 Å². The van der Waals surface area contributed by atoms with Crippen molar-refractivity contribution in [3.05, 3.63) is 23.6 Å². The summed E-state index contributed by atoms with van der Waals surface area (Å²) in [7, 11) is 0. The minimum atomic E-state index is -0.407. The number of nitrogens with zero attached hydrogens (tertiary/aromatic N) is 2. The Labute approximate surface area is 115 Å². The highest BCUT2D eigenvalue weighted by Gasteiger charge is 2.13. The molecule has 2 rings (SSSR count). The van der Waals surface area contributed by atoms with Gasteiger partial charge in [-0.2, -0.15) is 0 Å². The van der Waals surface area contributed by atoms with Gasteiger partial charge in [0.15, 0.2) is 0 Å². The Balaban J connectivity index is 2.62. The molecule has 1 aromatic carbocycles. The third-order valence-electron chi connectivity index (χ3n) is 2.25. The molecule has 0 unspecified atom stereocenters. The van der Waals surface area contributed by atoms with Crippen molar-refractivity contribution in [2.24, 2.45) is 0 Å². The molecule has 5 nitrogen and oxygen atoms in total. The van der Waals surface area contributed by atoms with E-state index in [1.165, 1.54) is 13.3 Å².